The van der Waals surface area contributed by atoms with Crippen molar-refractivity contribution in [3.63, 3.8) is 0 Å². The molecule has 0 spiro atoms. The molecular formula is C19H24N2O5. The number of hydrogen-bond acceptors (Lipinski definition) is 5. The van der Waals surface area contributed by atoms with Gasteiger partial charge >= 0.3 is 12.0 Å². The molecule has 0 saturated carbocycles. The van der Waals surface area contributed by atoms with Crippen molar-refractivity contribution in [3.8, 4) is 5.75 Å². The van der Waals surface area contributed by atoms with Gasteiger partial charge in [0.2, 0.25) is 0 Å². The molecule has 0 atom stereocenters. The predicted molar refractivity (Wildman–Crippen MR) is 94.9 cm³/mol. The van der Waals surface area contributed by atoms with Gasteiger partial charge in [-0.1, -0.05) is 26.7 Å². The summed E-state index contributed by atoms with van der Waals surface area (Å²) in [5.41, 5.74) is -0.424. The monoisotopic (exact) mass is 360 g/mol. The van der Waals surface area contributed by atoms with E-state index in [9.17, 15) is 19.2 Å². The first kappa shape index (κ1) is 19.6. The number of amides is 3. The topological polar surface area (TPSA) is 92.8 Å². The van der Waals surface area contributed by atoms with Crippen LogP contribution in [0.3, 0.4) is 0 Å². The average molecular weight is 360 g/mol. The standard InChI is InChI=1S/C19H24N2O5/c1-4-10-19(11-5-2)17(24)21(18(25)20-19)12-16(23)26-15-8-6-14(7-9-15)13(3)22/h6-9H,4-5,10-12H2,1-3H3,(H,20,25). The first-order chi connectivity index (χ1) is 12.3. The average Bonchev–Trinajstić information content (AvgIpc) is 2.80. The van der Waals surface area contributed by atoms with E-state index in [0.717, 1.165) is 17.7 Å². The van der Waals surface area contributed by atoms with Crippen LogP contribution in [0, 0.1) is 0 Å². The summed E-state index contributed by atoms with van der Waals surface area (Å²) in [6.45, 7) is 4.88. The minimum atomic E-state index is -0.927. The number of imide groups is 1. The molecule has 7 heteroatoms. The van der Waals surface area contributed by atoms with Crippen molar-refractivity contribution < 1.29 is 23.9 Å². The summed E-state index contributed by atoms with van der Waals surface area (Å²) in [6, 6.07) is 5.52. The molecule has 26 heavy (non-hydrogen) atoms. The number of rotatable bonds is 8. The molecule has 2 rings (SSSR count). The molecule has 0 aliphatic carbocycles. The quantitative estimate of drug-likeness (QED) is 0.333. The Morgan fingerprint density at radius 2 is 1.65 bits per heavy atom. The fourth-order valence-corrected chi connectivity index (χ4v) is 3.19. The third-order valence-corrected chi connectivity index (χ3v) is 4.38. The number of urea groups is 1. The first-order valence-electron chi connectivity index (χ1n) is 8.78. The molecule has 3 amide bonds. The van der Waals surface area contributed by atoms with Crippen molar-refractivity contribution in [1.82, 2.24) is 10.2 Å². The van der Waals surface area contributed by atoms with Crippen LogP contribution < -0.4 is 10.1 Å². The molecule has 0 bridgehead atoms. The van der Waals surface area contributed by atoms with Crippen LogP contribution in [0.4, 0.5) is 4.79 Å². The summed E-state index contributed by atoms with van der Waals surface area (Å²) in [7, 11) is 0. The lowest BCUT2D eigenvalue weighted by molar-refractivity contribution is -0.141. The maximum Gasteiger partial charge on any atom is 0.331 e. The Bertz CT molecular complexity index is 705. The van der Waals surface area contributed by atoms with E-state index in [-0.39, 0.29) is 17.4 Å². The number of nitrogens with one attached hydrogen (secondary N) is 1. The number of ether oxygens (including phenoxy) is 1. The van der Waals surface area contributed by atoms with E-state index in [0.29, 0.717) is 18.4 Å². The Hall–Kier alpha value is -2.70. The number of hydrogen-bond donors (Lipinski definition) is 1. The van der Waals surface area contributed by atoms with Crippen molar-refractivity contribution in [2.75, 3.05) is 6.54 Å². The van der Waals surface area contributed by atoms with Crippen LogP contribution in [0.25, 0.3) is 0 Å². The number of esters is 1. The lowest BCUT2D eigenvalue weighted by Crippen LogP contribution is -2.47. The lowest BCUT2D eigenvalue weighted by atomic mass is 9.88. The molecular weight excluding hydrogens is 336 g/mol. The zero-order valence-corrected chi connectivity index (χ0v) is 15.3. The number of carbonyl (C=O) groups is 4. The Labute approximate surface area is 152 Å². The van der Waals surface area contributed by atoms with Crippen molar-refractivity contribution >= 4 is 23.7 Å². The molecule has 7 nitrogen and oxygen atoms in total. The molecule has 140 valence electrons. The maximum atomic E-state index is 12.7. The fraction of sp³-hybridized carbons (Fsp3) is 0.474. The second kappa shape index (κ2) is 8.12. The molecule has 1 heterocycles. The highest BCUT2D eigenvalue weighted by molar-refractivity contribution is 6.08. The number of ketones is 1. The van der Waals surface area contributed by atoms with Crippen LogP contribution >= 0.6 is 0 Å². The van der Waals surface area contributed by atoms with Crippen molar-refractivity contribution in [2.45, 2.75) is 52.0 Å². The second-order valence-electron chi connectivity index (χ2n) is 6.46. The number of Topliss-reactive ketones (excluding diaryl/α,β-unsaturated/α-hetero) is 1. The van der Waals surface area contributed by atoms with E-state index in [1.165, 1.54) is 19.1 Å². The zero-order chi connectivity index (χ0) is 19.3. The molecule has 1 aromatic carbocycles. The minimum absolute atomic E-state index is 0.0922. The van der Waals surface area contributed by atoms with Gasteiger partial charge in [-0.3, -0.25) is 14.5 Å². The van der Waals surface area contributed by atoms with Crippen LogP contribution in [0.5, 0.6) is 5.75 Å². The Morgan fingerprint density at radius 1 is 1.08 bits per heavy atom. The fourth-order valence-electron chi connectivity index (χ4n) is 3.19. The number of nitrogens with zero attached hydrogens (tertiary/aromatic N) is 1. The van der Waals surface area contributed by atoms with E-state index in [1.54, 1.807) is 12.1 Å². The molecule has 1 N–H and O–H groups in total. The molecule has 0 unspecified atom stereocenters. The van der Waals surface area contributed by atoms with Gasteiger partial charge in [-0.2, -0.15) is 0 Å². The third kappa shape index (κ3) is 4.09. The Balaban J connectivity index is 2.05. The summed E-state index contributed by atoms with van der Waals surface area (Å²) in [5, 5.41) is 2.75. The van der Waals surface area contributed by atoms with Gasteiger partial charge in [0.05, 0.1) is 0 Å². The summed E-state index contributed by atoms with van der Waals surface area (Å²) in [5.74, 6) is -0.936. The zero-order valence-electron chi connectivity index (χ0n) is 15.3. The van der Waals surface area contributed by atoms with Gasteiger partial charge in [0.15, 0.2) is 5.78 Å². The maximum absolute atomic E-state index is 12.7. The summed E-state index contributed by atoms with van der Waals surface area (Å²) in [6.07, 6.45) is 2.55. The third-order valence-electron chi connectivity index (χ3n) is 4.38. The smallest absolute Gasteiger partial charge is 0.331 e. The van der Waals surface area contributed by atoms with Crippen molar-refractivity contribution in [2.24, 2.45) is 0 Å². The van der Waals surface area contributed by atoms with Gasteiger partial charge in [-0.25, -0.2) is 9.59 Å². The van der Waals surface area contributed by atoms with Gasteiger partial charge in [0, 0.05) is 5.56 Å². The normalized spacial score (nSPS) is 15.7. The Kier molecular flexibility index (Phi) is 6.13. The molecule has 1 fully saturated rings. The van der Waals surface area contributed by atoms with Crippen LogP contribution in [-0.4, -0.2) is 40.7 Å². The molecule has 1 aliphatic heterocycles. The van der Waals surface area contributed by atoms with Crippen molar-refractivity contribution in [1.29, 1.82) is 0 Å². The van der Waals surface area contributed by atoms with Crippen molar-refractivity contribution in [3.05, 3.63) is 29.8 Å². The highest BCUT2D eigenvalue weighted by Crippen LogP contribution is 2.28. The van der Waals surface area contributed by atoms with Crippen LogP contribution in [-0.2, 0) is 9.59 Å². The predicted octanol–water partition coefficient (Wildman–Crippen LogP) is 2.69. The van der Waals surface area contributed by atoms with E-state index in [2.05, 4.69) is 5.32 Å². The summed E-state index contributed by atoms with van der Waals surface area (Å²) < 4.78 is 5.17. The van der Waals surface area contributed by atoms with E-state index < -0.39 is 24.1 Å². The largest absolute Gasteiger partial charge is 0.425 e. The summed E-state index contributed by atoms with van der Waals surface area (Å²) in [4.78, 5) is 49.2. The SMILES string of the molecule is CCCC1(CCC)NC(=O)N(CC(=O)Oc2ccc(C(C)=O)cc2)C1=O. The van der Waals surface area contributed by atoms with E-state index in [4.69, 9.17) is 4.74 Å². The van der Waals surface area contributed by atoms with Gasteiger partial charge < -0.3 is 10.1 Å². The van der Waals surface area contributed by atoms with Crippen LogP contribution in [0.2, 0.25) is 0 Å². The minimum Gasteiger partial charge on any atom is -0.425 e. The second-order valence-corrected chi connectivity index (χ2v) is 6.46. The molecule has 0 aromatic heterocycles. The lowest BCUT2D eigenvalue weighted by Gasteiger charge is -2.25. The molecule has 0 radical (unpaired) electrons. The van der Waals surface area contributed by atoms with Crippen LogP contribution in [0.15, 0.2) is 24.3 Å². The van der Waals surface area contributed by atoms with Gasteiger partial charge in [0.25, 0.3) is 5.91 Å². The molecule has 1 aliphatic rings. The highest BCUT2D eigenvalue weighted by Gasteiger charge is 2.50. The van der Waals surface area contributed by atoms with E-state index >= 15 is 0 Å². The van der Waals surface area contributed by atoms with Gasteiger partial charge in [0.1, 0.15) is 17.8 Å². The van der Waals surface area contributed by atoms with Crippen LogP contribution in [0.1, 0.15) is 56.8 Å². The highest BCUT2D eigenvalue weighted by atomic mass is 16.5. The summed E-state index contributed by atoms with van der Waals surface area (Å²) >= 11 is 0. The molecule has 1 saturated heterocycles. The van der Waals surface area contributed by atoms with Gasteiger partial charge in [-0.15, -0.1) is 0 Å². The number of benzene rings is 1. The van der Waals surface area contributed by atoms with Gasteiger partial charge in [-0.05, 0) is 44.0 Å². The molecule has 1 aromatic rings. The first-order valence-corrected chi connectivity index (χ1v) is 8.78. The van der Waals surface area contributed by atoms with E-state index in [1.807, 2.05) is 13.8 Å². The number of carbonyl (C=O) groups excluding carboxylic acids is 4. The Morgan fingerprint density at radius 3 is 2.15 bits per heavy atom.